The Hall–Kier alpha value is -3.41. The van der Waals surface area contributed by atoms with Crippen molar-refractivity contribution < 1.29 is 4.74 Å². The largest absolute Gasteiger partial charge is 0.497 e. The third-order valence-corrected chi connectivity index (χ3v) is 4.29. The summed E-state index contributed by atoms with van der Waals surface area (Å²) < 4.78 is 7.03. The number of anilines is 1. The molecular formula is C20H19N5O. The monoisotopic (exact) mass is 345 g/mol. The van der Waals surface area contributed by atoms with Gasteiger partial charge in [-0.05, 0) is 29.8 Å². The van der Waals surface area contributed by atoms with Crippen molar-refractivity contribution in [2.75, 3.05) is 19.1 Å². The first-order valence-electron chi connectivity index (χ1n) is 8.34. The molecule has 2 aromatic heterocycles. The van der Waals surface area contributed by atoms with E-state index in [0.29, 0.717) is 0 Å². The SMILES string of the molecule is COc1ccc(-n2ncc3c(N(C)Cc4ccccc4)ncnc32)cc1. The molecule has 4 rings (SSSR count). The summed E-state index contributed by atoms with van der Waals surface area (Å²) in [5, 5.41) is 5.44. The number of ether oxygens (including phenoxy) is 1. The highest BCUT2D eigenvalue weighted by Crippen LogP contribution is 2.25. The third kappa shape index (κ3) is 2.97. The fourth-order valence-electron chi connectivity index (χ4n) is 2.98. The van der Waals surface area contributed by atoms with Gasteiger partial charge in [-0.15, -0.1) is 0 Å². The number of fused-ring (bicyclic) bond motifs is 1. The molecule has 0 aliphatic rings. The lowest BCUT2D eigenvalue weighted by Crippen LogP contribution is -2.18. The minimum atomic E-state index is 0.765. The Bertz CT molecular complexity index is 1010. The highest BCUT2D eigenvalue weighted by atomic mass is 16.5. The van der Waals surface area contributed by atoms with Gasteiger partial charge in [0.1, 0.15) is 17.9 Å². The van der Waals surface area contributed by atoms with Crippen molar-refractivity contribution in [1.82, 2.24) is 19.7 Å². The van der Waals surface area contributed by atoms with Crippen molar-refractivity contribution in [2.24, 2.45) is 0 Å². The van der Waals surface area contributed by atoms with E-state index < -0.39 is 0 Å². The van der Waals surface area contributed by atoms with Crippen molar-refractivity contribution in [3.8, 4) is 11.4 Å². The summed E-state index contributed by atoms with van der Waals surface area (Å²) >= 11 is 0. The molecule has 0 aliphatic carbocycles. The molecule has 26 heavy (non-hydrogen) atoms. The second-order valence-electron chi connectivity index (χ2n) is 6.03. The number of hydrogen-bond acceptors (Lipinski definition) is 5. The van der Waals surface area contributed by atoms with Gasteiger partial charge in [-0.1, -0.05) is 30.3 Å². The predicted molar refractivity (Wildman–Crippen MR) is 102 cm³/mol. The first-order valence-corrected chi connectivity index (χ1v) is 8.34. The van der Waals surface area contributed by atoms with Gasteiger partial charge in [0.25, 0.3) is 0 Å². The highest BCUT2D eigenvalue weighted by molar-refractivity contribution is 5.87. The quantitative estimate of drug-likeness (QED) is 0.554. The molecule has 0 aliphatic heterocycles. The molecule has 0 radical (unpaired) electrons. The van der Waals surface area contributed by atoms with Crippen LogP contribution in [0.2, 0.25) is 0 Å². The zero-order valence-electron chi connectivity index (χ0n) is 14.7. The lowest BCUT2D eigenvalue weighted by molar-refractivity contribution is 0.414. The van der Waals surface area contributed by atoms with Crippen LogP contribution in [-0.4, -0.2) is 33.9 Å². The van der Waals surface area contributed by atoms with E-state index in [9.17, 15) is 0 Å². The number of methoxy groups -OCH3 is 1. The molecule has 0 saturated carbocycles. The Labute approximate surface area is 151 Å². The van der Waals surface area contributed by atoms with Gasteiger partial charge < -0.3 is 9.64 Å². The molecule has 6 heteroatoms. The van der Waals surface area contributed by atoms with Crippen molar-refractivity contribution in [1.29, 1.82) is 0 Å². The molecule has 0 unspecified atom stereocenters. The van der Waals surface area contributed by atoms with E-state index in [1.807, 2.05) is 60.4 Å². The van der Waals surface area contributed by atoms with Gasteiger partial charge in [0, 0.05) is 13.6 Å². The predicted octanol–water partition coefficient (Wildman–Crippen LogP) is 3.46. The summed E-state index contributed by atoms with van der Waals surface area (Å²) in [7, 11) is 3.68. The molecule has 0 N–H and O–H groups in total. The molecular weight excluding hydrogens is 326 g/mol. The van der Waals surface area contributed by atoms with E-state index in [1.165, 1.54) is 5.56 Å². The Kier molecular flexibility index (Phi) is 4.23. The van der Waals surface area contributed by atoms with Crippen LogP contribution < -0.4 is 9.64 Å². The van der Waals surface area contributed by atoms with Crippen molar-refractivity contribution in [2.45, 2.75) is 6.54 Å². The van der Waals surface area contributed by atoms with Gasteiger partial charge in [-0.25, -0.2) is 14.6 Å². The van der Waals surface area contributed by atoms with Gasteiger partial charge in [-0.2, -0.15) is 5.10 Å². The Balaban J connectivity index is 1.70. The van der Waals surface area contributed by atoms with Crippen LogP contribution in [0.25, 0.3) is 16.7 Å². The summed E-state index contributed by atoms with van der Waals surface area (Å²) in [4.78, 5) is 11.0. The first kappa shape index (κ1) is 16.1. The Morgan fingerprint density at radius 3 is 2.50 bits per heavy atom. The molecule has 0 amide bonds. The second kappa shape index (κ2) is 6.84. The Morgan fingerprint density at radius 2 is 1.77 bits per heavy atom. The summed E-state index contributed by atoms with van der Waals surface area (Å²) in [6, 6.07) is 18.1. The van der Waals surface area contributed by atoms with Gasteiger partial charge >= 0.3 is 0 Å². The smallest absolute Gasteiger partial charge is 0.168 e. The van der Waals surface area contributed by atoms with Crippen LogP contribution in [0.3, 0.4) is 0 Å². The van der Waals surface area contributed by atoms with E-state index in [2.05, 4.69) is 32.1 Å². The Morgan fingerprint density at radius 1 is 1.00 bits per heavy atom. The van der Waals surface area contributed by atoms with Gasteiger partial charge in [-0.3, -0.25) is 0 Å². The van der Waals surface area contributed by atoms with E-state index >= 15 is 0 Å². The third-order valence-electron chi connectivity index (χ3n) is 4.29. The zero-order valence-corrected chi connectivity index (χ0v) is 14.7. The number of rotatable bonds is 5. The van der Waals surface area contributed by atoms with E-state index in [1.54, 1.807) is 13.4 Å². The number of aromatic nitrogens is 4. The van der Waals surface area contributed by atoms with E-state index in [0.717, 1.165) is 34.8 Å². The fourth-order valence-corrected chi connectivity index (χ4v) is 2.98. The molecule has 0 spiro atoms. The van der Waals surface area contributed by atoms with Crippen molar-refractivity contribution in [3.05, 3.63) is 72.7 Å². The maximum atomic E-state index is 5.22. The fraction of sp³-hybridized carbons (Fsp3) is 0.150. The van der Waals surface area contributed by atoms with E-state index in [-0.39, 0.29) is 0 Å². The summed E-state index contributed by atoms with van der Waals surface area (Å²) in [6.07, 6.45) is 3.40. The molecule has 130 valence electrons. The molecule has 2 heterocycles. The van der Waals surface area contributed by atoms with Crippen LogP contribution in [0.4, 0.5) is 5.82 Å². The van der Waals surface area contributed by atoms with Gasteiger partial charge in [0.15, 0.2) is 5.65 Å². The summed E-state index contributed by atoms with van der Waals surface area (Å²) in [6.45, 7) is 0.765. The van der Waals surface area contributed by atoms with Crippen LogP contribution in [-0.2, 0) is 6.54 Å². The summed E-state index contributed by atoms with van der Waals surface area (Å²) in [5.41, 5.74) is 2.93. The molecule has 4 aromatic rings. The minimum Gasteiger partial charge on any atom is -0.497 e. The lowest BCUT2D eigenvalue weighted by atomic mass is 10.2. The standard InChI is InChI=1S/C20H19N5O/c1-24(13-15-6-4-3-5-7-15)19-18-12-23-25(20(18)22-14-21-19)16-8-10-17(26-2)11-9-16/h3-12,14H,13H2,1-2H3. The topological polar surface area (TPSA) is 56.1 Å². The molecule has 0 atom stereocenters. The van der Waals surface area contributed by atoms with Crippen molar-refractivity contribution in [3.63, 3.8) is 0 Å². The molecule has 0 saturated heterocycles. The molecule has 6 nitrogen and oxygen atoms in total. The first-order chi connectivity index (χ1) is 12.8. The molecule has 0 bridgehead atoms. The van der Waals surface area contributed by atoms with Gasteiger partial charge in [0.2, 0.25) is 0 Å². The van der Waals surface area contributed by atoms with Gasteiger partial charge in [0.05, 0.1) is 24.4 Å². The number of nitrogens with zero attached hydrogens (tertiary/aromatic N) is 5. The van der Waals surface area contributed by atoms with Crippen LogP contribution in [0.5, 0.6) is 5.75 Å². The van der Waals surface area contributed by atoms with Crippen LogP contribution in [0.15, 0.2) is 67.1 Å². The average molecular weight is 345 g/mol. The average Bonchev–Trinajstić information content (AvgIpc) is 3.13. The zero-order chi connectivity index (χ0) is 17.9. The summed E-state index contributed by atoms with van der Waals surface area (Å²) in [5.74, 6) is 1.67. The lowest BCUT2D eigenvalue weighted by Gasteiger charge is -2.18. The van der Waals surface area contributed by atoms with E-state index in [4.69, 9.17) is 4.74 Å². The second-order valence-corrected chi connectivity index (χ2v) is 6.03. The van der Waals surface area contributed by atoms with Crippen LogP contribution in [0, 0.1) is 0 Å². The number of hydrogen-bond donors (Lipinski definition) is 0. The molecule has 2 aromatic carbocycles. The molecule has 0 fully saturated rings. The normalized spacial score (nSPS) is 10.8. The van der Waals surface area contributed by atoms with Crippen LogP contribution >= 0.6 is 0 Å². The van der Waals surface area contributed by atoms with Crippen molar-refractivity contribution >= 4 is 16.9 Å². The number of benzene rings is 2. The van der Waals surface area contributed by atoms with Crippen LogP contribution in [0.1, 0.15) is 5.56 Å². The highest BCUT2D eigenvalue weighted by Gasteiger charge is 2.14. The minimum absolute atomic E-state index is 0.765. The maximum absolute atomic E-state index is 5.22. The maximum Gasteiger partial charge on any atom is 0.168 e.